The molecule has 104 valence electrons. The molecule has 0 radical (unpaired) electrons. The van der Waals surface area contributed by atoms with E-state index in [1.54, 1.807) is 6.07 Å². The van der Waals surface area contributed by atoms with Gasteiger partial charge in [-0.1, -0.05) is 12.1 Å². The number of benzene rings is 2. The first-order chi connectivity index (χ1) is 9.72. The van der Waals surface area contributed by atoms with Gasteiger partial charge in [0.2, 0.25) is 0 Å². The Morgan fingerprint density at radius 1 is 1.05 bits per heavy atom. The lowest BCUT2D eigenvalue weighted by molar-refractivity contribution is 0.171. The largest absolute Gasteiger partial charge is 0.486 e. The summed E-state index contributed by atoms with van der Waals surface area (Å²) in [5.41, 5.74) is 2.44. The molecule has 2 aromatic carbocycles. The highest BCUT2D eigenvalue weighted by molar-refractivity contribution is 5.48. The first-order valence-corrected chi connectivity index (χ1v) is 6.61. The predicted molar refractivity (Wildman–Crippen MR) is 75.9 cm³/mol. The van der Waals surface area contributed by atoms with Gasteiger partial charge in [-0.2, -0.15) is 0 Å². The number of rotatable bonds is 3. The summed E-state index contributed by atoms with van der Waals surface area (Å²) < 4.78 is 24.7. The maximum Gasteiger partial charge on any atom is 0.161 e. The third-order valence-electron chi connectivity index (χ3n) is 3.21. The Morgan fingerprint density at radius 2 is 1.85 bits per heavy atom. The second-order valence-electron chi connectivity index (χ2n) is 4.81. The molecule has 0 aromatic heterocycles. The topological polar surface area (TPSA) is 30.5 Å². The molecule has 1 heterocycles. The molecule has 0 fully saturated rings. The molecule has 20 heavy (non-hydrogen) atoms. The highest BCUT2D eigenvalue weighted by atomic mass is 19.1. The van der Waals surface area contributed by atoms with E-state index in [2.05, 4.69) is 5.32 Å². The fraction of sp³-hybridized carbons (Fsp3) is 0.250. The maximum absolute atomic E-state index is 13.7. The zero-order chi connectivity index (χ0) is 13.9. The van der Waals surface area contributed by atoms with Gasteiger partial charge in [0, 0.05) is 6.54 Å². The van der Waals surface area contributed by atoms with Crippen LogP contribution in [-0.4, -0.2) is 13.2 Å². The first-order valence-electron chi connectivity index (χ1n) is 6.61. The minimum Gasteiger partial charge on any atom is -0.486 e. The van der Waals surface area contributed by atoms with Crippen LogP contribution in [0, 0.1) is 12.7 Å². The fourth-order valence-electron chi connectivity index (χ4n) is 2.16. The predicted octanol–water partition coefficient (Wildman–Crippen LogP) is 3.52. The van der Waals surface area contributed by atoms with Crippen molar-refractivity contribution in [3.05, 3.63) is 53.3 Å². The molecular formula is C16H16FNO2. The van der Waals surface area contributed by atoms with Crippen molar-refractivity contribution in [1.29, 1.82) is 0 Å². The number of hydrogen-bond donors (Lipinski definition) is 1. The number of ether oxygens (including phenoxy) is 2. The number of anilines is 1. The normalized spacial score (nSPS) is 13.1. The highest BCUT2D eigenvalue weighted by Crippen LogP contribution is 2.31. The molecule has 1 aliphatic rings. The van der Waals surface area contributed by atoms with E-state index in [9.17, 15) is 4.39 Å². The van der Waals surface area contributed by atoms with Gasteiger partial charge in [-0.25, -0.2) is 4.39 Å². The van der Waals surface area contributed by atoms with Crippen LogP contribution in [0.3, 0.4) is 0 Å². The van der Waals surface area contributed by atoms with Crippen LogP contribution >= 0.6 is 0 Å². The van der Waals surface area contributed by atoms with E-state index in [4.69, 9.17) is 9.47 Å². The average molecular weight is 273 g/mol. The third kappa shape index (κ3) is 2.69. The van der Waals surface area contributed by atoms with Crippen LogP contribution in [0.4, 0.5) is 10.1 Å². The van der Waals surface area contributed by atoms with Crippen molar-refractivity contribution in [2.45, 2.75) is 13.5 Å². The fourth-order valence-corrected chi connectivity index (χ4v) is 2.16. The summed E-state index contributed by atoms with van der Waals surface area (Å²) in [7, 11) is 0. The molecule has 0 unspecified atom stereocenters. The molecule has 3 nitrogen and oxygen atoms in total. The van der Waals surface area contributed by atoms with E-state index in [1.165, 1.54) is 6.07 Å². The average Bonchev–Trinajstić information content (AvgIpc) is 2.46. The lowest BCUT2D eigenvalue weighted by Crippen LogP contribution is -2.15. The molecule has 4 heteroatoms. The minimum atomic E-state index is -0.234. The Balaban J connectivity index is 1.72. The summed E-state index contributed by atoms with van der Waals surface area (Å²) in [6.07, 6.45) is 0. The quantitative estimate of drug-likeness (QED) is 0.928. The SMILES string of the molecule is Cc1ccc(NCc2ccc3c(c2)OCCO3)c(F)c1. The van der Waals surface area contributed by atoms with Crippen LogP contribution in [0.15, 0.2) is 36.4 Å². The smallest absolute Gasteiger partial charge is 0.161 e. The molecule has 0 aliphatic carbocycles. The molecule has 0 amide bonds. The summed E-state index contributed by atoms with van der Waals surface area (Å²) in [5.74, 6) is 1.28. The Labute approximate surface area is 117 Å². The summed E-state index contributed by atoms with van der Waals surface area (Å²) in [6.45, 7) is 3.56. The van der Waals surface area contributed by atoms with Gasteiger partial charge < -0.3 is 14.8 Å². The first kappa shape index (κ1) is 12.8. The zero-order valence-corrected chi connectivity index (χ0v) is 11.3. The van der Waals surface area contributed by atoms with Crippen molar-refractivity contribution in [1.82, 2.24) is 0 Å². The highest BCUT2D eigenvalue weighted by Gasteiger charge is 2.11. The Bertz CT molecular complexity index is 628. The van der Waals surface area contributed by atoms with Crippen LogP contribution < -0.4 is 14.8 Å². The molecule has 1 aliphatic heterocycles. The second-order valence-corrected chi connectivity index (χ2v) is 4.81. The zero-order valence-electron chi connectivity index (χ0n) is 11.3. The molecule has 0 saturated heterocycles. The second kappa shape index (κ2) is 5.41. The summed E-state index contributed by atoms with van der Waals surface area (Å²) >= 11 is 0. The van der Waals surface area contributed by atoms with E-state index < -0.39 is 0 Å². The molecule has 1 N–H and O–H groups in total. The van der Waals surface area contributed by atoms with Crippen LogP contribution in [-0.2, 0) is 6.54 Å². The van der Waals surface area contributed by atoms with Gasteiger partial charge >= 0.3 is 0 Å². The van der Waals surface area contributed by atoms with Gasteiger partial charge in [0.1, 0.15) is 19.0 Å². The van der Waals surface area contributed by atoms with Gasteiger partial charge in [0.25, 0.3) is 0 Å². The summed E-state index contributed by atoms with van der Waals surface area (Å²) in [4.78, 5) is 0. The van der Waals surface area contributed by atoms with E-state index in [-0.39, 0.29) is 5.82 Å². The Hall–Kier alpha value is -2.23. The van der Waals surface area contributed by atoms with Crippen molar-refractivity contribution in [3.8, 4) is 11.5 Å². The lowest BCUT2D eigenvalue weighted by atomic mass is 10.1. The summed E-state index contributed by atoms with van der Waals surface area (Å²) in [5, 5.41) is 3.09. The van der Waals surface area contributed by atoms with E-state index >= 15 is 0 Å². The molecule has 3 rings (SSSR count). The molecule has 0 spiro atoms. The van der Waals surface area contributed by atoms with Crippen molar-refractivity contribution in [2.75, 3.05) is 18.5 Å². The van der Waals surface area contributed by atoms with Crippen LogP contribution in [0.2, 0.25) is 0 Å². The van der Waals surface area contributed by atoms with Gasteiger partial charge in [-0.3, -0.25) is 0 Å². The van der Waals surface area contributed by atoms with Crippen molar-refractivity contribution in [2.24, 2.45) is 0 Å². The lowest BCUT2D eigenvalue weighted by Gasteiger charge is -2.19. The molecule has 0 saturated carbocycles. The van der Waals surface area contributed by atoms with Crippen molar-refractivity contribution < 1.29 is 13.9 Å². The monoisotopic (exact) mass is 273 g/mol. The van der Waals surface area contributed by atoms with Gasteiger partial charge in [-0.05, 0) is 42.3 Å². The molecule has 0 bridgehead atoms. The van der Waals surface area contributed by atoms with Gasteiger partial charge in [0.15, 0.2) is 11.5 Å². The van der Waals surface area contributed by atoms with Crippen molar-refractivity contribution in [3.63, 3.8) is 0 Å². The maximum atomic E-state index is 13.7. The van der Waals surface area contributed by atoms with E-state index in [0.29, 0.717) is 25.4 Å². The van der Waals surface area contributed by atoms with Crippen LogP contribution in [0.1, 0.15) is 11.1 Å². The number of aryl methyl sites for hydroxylation is 1. The van der Waals surface area contributed by atoms with Gasteiger partial charge in [-0.15, -0.1) is 0 Å². The third-order valence-corrected chi connectivity index (χ3v) is 3.21. The number of nitrogens with one attached hydrogen (secondary N) is 1. The standard InChI is InChI=1S/C16H16FNO2/c1-11-2-4-14(13(17)8-11)18-10-12-3-5-15-16(9-12)20-7-6-19-15/h2-5,8-9,18H,6-7,10H2,1H3. The Morgan fingerprint density at radius 3 is 2.65 bits per heavy atom. The number of fused-ring (bicyclic) bond motifs is 1. The van der Waals surface area contributed by atoms with Crippen LogP contribution in [0.25, 0.3) is 0 Å². The van der Waals surface area contributed by atoms with E-state index in [0.717, 1.165) is 22.6 Å². The van der Waals surface area contributed by atoms with Crippen LogP contribution in [0.5, 0.6) is 11.5 Å². The number of halogens is 1. The number of hydrogen-bond acceptors (Lipinski definition) is 3. The van der Waals surface area contributed by atoms with Gasteiger partial charge in [0.05, 0.1) is 5.69 Å². The molecule has 0 atom stereocenters. The van der Waals surface area contributed by atoms with Crippen molar-refractivity contribution >= 4 is 5.69 Å². The van der Waals surface area contributed by atoms with E-state index in [1.807, 2.05) is 31.2 Å². The summed E-state index contributed by atoms with van der Waals surface area (Å²) in [6, 6.07) is 10.9. The molecule has 2 aromatic rings. The Kier molecular flexibility index (Phi) is 3.46. The minimum absolute atomic E-state index is 0.234. The molecular weight excluding hydrogens is 257 g/mol.